The molecule has 2 rings (SSSR count). The smallest absolute Gasteiger partial charge is 0.0597 e. The van der Waals surface area contributed by atoms with E-state index in [4.69, 9.17) is 5.41 Å². The van der Waals surface area contributed by atoms with Crippen LogP contribution < -0.4 is 0 Å². The maximum atomic E-state index is 8.62. The lowest BCUT2D eigenvalue weighted by Gasteiger charge is -2.33. The molecule has 1 saturated heterocycles. The Morgan fingerprint density at radius 3 is 2.64 bits per heavy atom. The summed E-state index contributed by atoms with van der Waals surface area (Å²) in [6.07, 6.45) is 12.2. The lowest BCUT2D eigenvalue weighted by molar-refractivity contribution is 0.145. The highest BCUT2D eigenvalue weighted by molar-refractivity contribution is 6.10. The summed E-state index contributed by atoms with van der Waals surface area (Å²) in [5, 5.41) is 8.62. The number of piperazine rings is 1. The molecule has 1 aliphatic carbocycles. The summed E-state index contributed by atoms with van der Waals surface area (Å²) in [5.74, 6) is 0.948. The lowest BCUT2D eigenvalue weighted by atomic mass is 9.82. The molecule has 0 aromatic heterocycles. The first-order chi connectivity index (χ1) is 12.0. The van der Waals surface area contributed by atoms with Gasteiger partial charge in [-0.3, -0.25) is 0 Å². The minimum atomic E-state index is 0.377. The third-order valence-corrected chi connectivity index (χ3v) is 6.03. The third kappa shape index (κ3) is 6.23. The molecular formula is C22H37N3. The second-order valence-corrected chi connectivity index (χ2v) is 7.93. The van der Waals surface area contributed by atoms with Crippen molar-refractivity contribution in [3.8, 4) is 0 Å². The standard InChI is InChI=1S/C22H37N3/c1-18(12-13-25-16-14-24(4)15-17-25)19(2)20(3)22(23)21-10-8-6-5-7-9-11-21/h5-6,10,18-19,23H,3,7-9,11-17H2,1-2,4H3. The quantitative estimate of drug-likeness (QED) is 0.544. The number of hydrogen-bond donors (Lipinski definition) is 1. The van der Waals surface area contributed by atoms with Crippen molar-refractivity contribution in [3.05, 3.63) is 36.0 Å². The Balaban J connectivity index is 1.83. The van der Waals surface area contributed by atoms with E-state index in [1.54, 1.807) is 0 Å². The molecule has 2 atom stereocenters. The van der Waals surface area contributed by atoms with Gasteiger partial charge >= 0.3 is 0 Å². The Labute approximate surface area is 155 Å². The molecule has 1 aliphatic heterocycles. The van der Waals surface area contributed by atoms with Crippen LogP contribution in [0.25, 0.3) is 0 Å². The van der Waals surface area contributed by atoms with E-state index in [1.165, 1.54) is 44.7 Å². The van der Waals surface area contributed by atoms with Crippen molar-refractivity contribution >= 4 is 5.71 Å². The average Bonchev–Trinajstić information content (AvgIpc) is 2.59. The van der Waals surface area contributed by atoms with Gasteiger partial charge in [-0.2, -0.15) is 0 Å². The van der Waals surface area contributed by atoms with Gasteiger partial charge in [0.15, 0.2) is 0 Å². The van der Waals surface area contributed by atoms with Gasteiger partial charge in [0.2, 0.25) is 0 Å². The van der Waals surface area contributed by atoms with E-state index in [9.17, 15) is 0 Å². The molecule has 2 unspecified atom stereocenters. The Morgan fingerprint density at radius 2 is 1.92 bits per heavy atom. The van der Waals surface area contributed by atoms with Crippen LogP contribution in [0.1, 0.15) is 46.0 Å². The number of hydrogen-bond acceptors (Lipinski definition) is 3. The van der Waals surface area contributed by atoms with Gasteiger partial charge in [-0.25, -0.2) is 0 Å². The average molecular weight is 344 g/mol. The Bertz CT molecular complexity index is 509. The molecule has 0 bridgehead atoms. The van der Waals surface area contributed by atoms with Gasteiger partial charge in [-0.05, 0) is 68.7 Å². The van der Waals surface area contributed by atoms with Crippen molar-refractivity contribution < 1.29 is 0 Å². The number of rotatable bonds is 7. The first-order valence-electron chi connectivity index (χ1n) is 10.0. The van der Waals surface area contributed by atoms with Crippen LogP contribution in [0, 0.1) is 17.2 Å². The monoisotopic (exact) mass is 343 g/mol. The number of likely N-dealkylation sites (N-methyl/N-ethyl adjacent to an activating group) is 1. The normalized spacial score (nSPS) is 22.6. The molecule has 1 heterocycles. The summed E-state index contributed by atoms with van der Waals surface area (Å²) in [4.78, 5) is 4.99. The van der Waals surface area contributed by atoms with Gasteiger partial charge in [0.1, 0.15) is 0 Å². The molecule has 3 heteroatoms. The van der Waals surface area contributed by atoms with Crippen LogP contribution in [0.2, 0.25) is 0 Å². The zero-order valence-electron chi connectivity index (χ0n) is 16.6. The number of nitrogens with zero attached hydrogens (tertiary/aromatic N) is 2. The van der Waals surface area contributed by atoms with Crippen molar-refractivity contribution in [2.45, 2.75) is 46.0 Å². The van der Waals surface area contributed by atoms with Crippen molar-refractivity contribution in [1.29, 1.82) is 5.41 Å². The lowest BCUT2D eigenvalue weighted by Crippen LogP contribution is -2.45. The molecule has 0 aromatic carbocycles. The highest BCUT2D eigenvalue weighted by Gasteiger charge is 2.22. The third-order valence-electron chi connectivity index (χ3n) is 6.03. The predicted octanol–water partition coefficient (Wildman–Crippen LogP) is 4.53. The van der Waals surface area contributed by atoms with Gasteiger partial charge < -0.3 is 15.2 Å². The molecule has 1 N–H and O–H groups in total. The maximum absolute atomic E-state index is 8.62. The van der Waals surface area contributed by atoms with Gasteiger partial charge in [0, 0.05) is 26.2 Å². The van der Waals surface area contributed by atoms with E-state index in [2.05, 4.69) is 55.5 Å². The topological polar surface area (TPSA) is 30.3 Å². The molecule has 0 spiro atoms. The second-order valence-electron chi connectivity index (χ2n) is 7.93. The van der Waals surface area contributed by atoms with Gasteiger partial charge in [-0.1, -0.05) is 38.7 Å². The van der Waals surface area contributed by atoms with Crippen LogP contribution in [0.15, 0.2) is 36.0 Å². The molecule has 1 fully saturated rings. The van der Waals surface area contributed by atoms with Crippen molar-refractivity contribution in [3.63, 3.8) is 0 Å². The number of allylic oxidation sites excluding steroid dienone is 5. The van der Waals surface area contributed by atoms with E-state index in [-0.39, 0.29) is 0 Å². The van der Waals surface area contributed by atoms with E-state index in [0.29, 0.717) is 17.5 Å². The molecule has 2 aliphatic rings. The summed E-state index contributed by atoms with van der Waals surface area (Å²) in [7, 11) is 2.21. The SMILES string of the molecule is C=C(C(=N)C1=CCC=CCCC1)C(C)C(C)CCN1CCN(C)CC1. The Morgan fingerprint density at radius 1 is 1.20 bits per heavy atom. The van der Waals surface area contributed by atoms with Gasteiger partial charge in [0.25, 0.3) is 0 Å². The largest absolute Gasteiger partial charge is 0.304 e. The molecule has 0 saturated carbocycles. The summed E-state index contributed by atoms with van der Waals surface area (Å²) in [6, 6.07) is 0. The molecule has 3 nitrogen and oxygen atoms in total. The fourth-order valence-electron chi connectivity index (χ4n) is 3.65. The first-order valence-corrected chi connectivity index (χ1v) is 10.0. The minimum absolute atomic E-state index is 0.377. The highest BCUT2D eigenvalue weighted by Crippen LogP contribution is 2.27. The van der Waals surface area contributed by atoms with Crippen LogP contribution in [-0.2, 0) is 0 Å². The van der Waals surface area contributed by atoms with E-state index in [1.807, 2.05) is 0 Å². The van der Waals surface area contributed by atoms with Gasteiger partial charge in [0.05, 0.1) is 5.71 Å². The zero-order chi connectivity index (χ0) is 18.2. The molecule has 0 aromatic rings. The molecular weight excluding hydrogens is 306 g/mol. The fraction of sp³-hybridized carbons (Fsp3) is 0.682. The van der Waals surface area contributed by atoms with Crippen LogP contribution in [0.3, 0.4) is 0 Å². The molecule has 0 amide bonds. The summed E-state index contributed by atoms with van der Waals surface area (Å²) in [6.45, 7) is 14.8. The highest BCUT2D eigenvalue weighted by atomic mass is 15.2. The van der Waals surface area contributed by atoms with Crippen molar-refractivity contribution in [2.24, 2.45) is 11.8 Å². The van der Waals surface area contributed by atoms with E-state index in [0.717, 1.165) is 31.3 Å². The van der Waals surface area contributed by atoms with E-state index < -0.39 is 0 Å². The summed E-state index contributed by atoms with van der Waals surface area (Å²) < 4.78 is 0. The summed E-state index contributed by atoms with van der Waals surface area (Å²) >= 11 is 0. The summed E-state index contributed by atoms with van der Waals surface area (Å²) in [5.41, 5.74) is 2.93. The zero-order valence-corrected chi connectivity index (χ0v) is 16.6. The maximum Gasteiger partial charge on any atom is 0.0597 e. The molecule has 25 heavy (non-hydrogen) atoms. The van der Waals surface area contributed by atoms with Crippen LogP contribution in [0.5, 0.6) is 0 Å². The second kappa shape index (κ2) is 10.1. The Hall–Kier alpha value is -1.19. The number of nitrogens with one attached hydrogen (secondary N) is 1. The first kappa shape index (κ1) is 20.1. The molecule has 0 radical (unpaired) electrons. The van der Waals surface area contributed by atoms with Crippen LogP contribution >= 0.6 is 0 Å². The van der Waals surface area contributed by atoms with Crippen LogP contribution in [-0.4, -0.2) is 55.3 Å². The Kier molecular flexibility index (Phi) is 8.11. The minimum Gasteiger partial charge on any atom is -0.304 e. The fourth-order valence-corrected chi connectivity index (χ4v) is 3.65. The van der Waals surface area contributed by atoms with Crippen molar-refractivity contribution in [1.82, 2.24) is 9.80 Å². The van der Waals surface area contributed by atoms with Gasteiger partial charge in [-0.15, -0.1) is 0 Å². The van der Waals surface area contributed by atoms with Crippen LogP contribution in [0.4, 0.5) is 0 Å². The van der Waals surface area contributed by atoms with Crippen molar-refractivity contribution in [2.75, 3.05) is 39.8 Å². The molecule has 140 valence electrons. The predicted molar refractivity (Wildman–Crippen MR) is 109 cm³/mol. The van der Waals surface area contributed by atoms with E-state index >= 15 is 0 Å².